The molecule has 94 valence electrons. The van der Waals surface area contributed by atoms with Gasteiger partial charge >= 0.3 is 0 Å². The number of fused-ring (bicyclic) bond motifs is 1. The van der Waals surface area contributed by atoms with Crippen molar-refractivity contribution in [1.29, 1.82) is 0 Å². The second-order valence-corrected chi connectivity index (χ2v) is 4.61. The summed E-state index contributed by atoms with van der Waals surface area (Å²) in [5.41, 5.74) is 3.73. The molecule has 3 aromatic rings. The molecule has 0 atom stereocenters. The Morgan fingerprint density at radius 2 is 2.00 bits per heavy atom. The van der Waals surface area contributed by atoms with Gasteiger partial charge in [0.2, 0.25) is 0 Å². The molecule has 0 unspecified atom stereocenters. The number of para-hydroxylation sites is 1. The molecule has 3 rings (SSSR count). The van der Waals surface area contributed by atoms with Crippen LogP contribution in [0.25, 0.3) is 22.8 Å². The first-order valence-electron chi connectivity index (χ1n) is 6.02. The summed E-state index contributed by atoms with van der Waals surface area (Å²) in [5.74, 6) is 0. The molecule has 0 radical (unpaired) electrons. The highest BCUT2D eigenvalue weighted by Crippen LogP contribution is 2.24. The van der Waals surface area contributed by atoms with Crippen LogP contribution in [-0.4, -0.2) is 15.0 Å². The van der Waals surface area contributed by atoms with Crippen LogP contribution < -0.4 is 0 Å². The Balaban J connectivity index is 2.23. The summed E-state index contributed by atoms with van der Waals surface area (Å²) < 4.78 is 1.77. The van der Waals surface area contributed by atoms with Crippen LogP contribution in [0.3, 0.4) is 0 Å². The average Bonchev–Trinajstić information content (AvgIpc) is 2.85. The van der Waals surface area contributed by atoms with Gasteiger partial charge in [-0.2, -0.15) is 0 Å². The summed E-state index contributed by atoms with van der Waals surface area (Å²) in [4.78, 5) is 0. The number of halogens is 1. The van der Waals surface area contributed by atoms with Gasteiger partial charge in [0, 0.05) is 0 Å². The van der Waals surface area contributed by atoms with Gasteiger partial charge in [0.05, 0.1) is 16.2 Å². The molecule has 0 saturated heterocycles. The van der Waals surface area contributed by atoms with E-state index < -0.39 is 0 Å². The van der Waals surface area contributed by atoms with Gasteiger partial charge in [-0.05, 0) is 36.8 Å². The van der Waals surface area contributed by atoms with Crippen molar-refractivity contribution >= 4 is 28.7 Å². The quantitative estimate of drug-likeness (QED) is 0.701. The van der Waals surface area contributed by atoms with E-state index in [1.54, 1.807) is 4.68 Å². The molecular weight excluding hydrogens is 258 g/mol. The molecule has 0 aliphatic carbocycles. The molecule has 0 aliphatic rings. The van der Waals surface area contributed by atoms with Gasteiger partial charge in [-0.3, -0.25) is 0 Å². The topological polar surface area (TPSA) is 30.7 Å². The Labute approximate surface area is 116 Å². The molecule has 1 aromatic heterocycles. The Morgan fingerprint density at radius 1 is 1.16 bits per heavy atom. The fourth-order valence-corrected chi connectivity index (χ4v) is 2.23. The first-order chi connectivity index (χ1) is 9.29. The number of rotatable bonds is 2. The molecule has 0 N–H and O–H groups in total. The summed E-state index contributed by atoms with van der Waals surface area (Å²) in [6.07, 6.45) is 4.02. The lowest BCUT2D eigenvalue weighted by atomic mass is 10.2. The van der Waals surface area contributed by atoms with Gasteiger partial charge in [-0.1, -0.05) is 47.2 Å². The van der Waals surface area contributed by atoms with Crippen molar-refractivity contribution in [2.24, 2.45) is 0 Å². The molecule has 0 bridgehead atoms. The van der Waals surface area contributed by atoms with Crippen LogP contribution in [0, 0.1) is 0 Å². The minimum absolute atomic E-state index is 0.656. The molecule has 3 nitrogen and oxygen atoms in total. The first-order valence-corrected chi connectivity index (χ1v) is 6.40. The zero-order valence-corrected chi connectivity index (χ0v) is 11.2. The Kier molecular flexibility index (Phi) is 3.05. The number of allylic oxidation sites excluding steroid dienone is 1. The number of hydrogen-bond acceptors (Lipinski definition) is 2. The smallest absolute Gasteiger partial charge is 0.113 e. The van der Waals surface area contributed by atoms with Crippen LogP contribution in [0.5, 0.6) is 0 Å². The Bertz CT molecular complexity index is 759. The van der Waals surface area contributed by atoms with E-state index in [2.05, 4.69) is 10.3 Å². The standard InChI is InChI=1S/C15H12ClN3/c1-2-5-11-8-9-12(16)15(10-11)19-14-7-4-3-6-13(14)17-18-19/h2-10H,1H3. The summed E-state index contributed by atoms with van der Waals surface area (Å²) in [6, 6.07) is 13.7. The van der Waals surface area contributed by atoms with Gasteiger partial charge in [-0.25, -0.2) is 4.68 Å². The summed E-state index contributed by atoms with van der Waals surface area (Å²) >= 11 is 6.28. The average molecular weight is 270 g/mol. The molecule has 2 aromatic carbocycles. The SMILES string of the molecule is CC=Cc1ccc(Cl)c(-n2nnc3ccccc32)c1. The van der Waals surface area contributed by atoms with Crippen LogP contribution in [0.15, 0.2) is 48.5 Å². The largest absolute Gasteiger partial charge is 0.211 e. The van der Waals surface area contributed by atoms with E-state index in [1.165, 1.54) is 0 Å². The molecule has 0 saturated carbocycles. The Hall–Kier alpha value is -2.13. The van der Waals surface area contributed by atoms with E-state index in [4.69, 9.17) is 11.6 Å². The number of benzene rings is 2. The molecule has 4 heteroatoms. The highest BCUT2D eigenvalue weighted by Gasteiger charge is 2.09. The summed E-state index contributed by atoms with van der Waals surface area (Å²) in [7, 11) is 0. The first kappa shape index (κ1) is 11.9. The molecule has 1 heterocycles. The van der Waals surface area contributed by atoms with E-state index >= 15 is 0 Å². The predicted molar refractivity (Wildman–Crippen MR) is 78.6 cm³/mol. The van der Waals surface area contributed by atoms with Crippen molar-refractivity contribution in [3.8, 4) is 5.69 Å². The van der Waals surface area contributed by atoms with Crippen LogP contribution in [-0.2, 0) is 0 Å². The zero-order chi connectivity index (χ0) is 13.2. The maximum atomic E-state index is 6.28. The molecule has 0 spiro atoms. The normalized spacial score (nSPS) is 11.5. The number of aromatic nitrogens is 3. The molecule has 0 aliphatic heterocycles. The third-order valence-electron chi connectivity index (χ3n) is 2.91. The maximum Gasteiger partial charge on any atom is 0.113 e. The predicted octanol–water partition coefficient (Wildman–Crippen LogP) is 4.11. The lowest BCUT2D eigenvalue weighted by Gasteiger charge is -2.06. The van der Waals surface area contributed by atoms with Crippen molar-refractivity contribution in [2.75, 3.05) is 0 Å². The fraction of sp³-hybridized carbons (Fsp3) is 0.0667. The number of nitrogens with zero attached hydrogens (tertiary/aromatic N) is 3. The van der Waals surface area contributed by atoms with Crippen molar-refractivity contribution < 1.29 is 0 Å². The second kappa shape index (κ2) is 4.86. The van der Waals surface area contributed by atoms with E-state index in [0.29, 0.717) is 5.02 Å². The Morgan fingerprint density at radius 3 is 2.84 bits per heavy atom. The monoisotopic (exact) mass is 269 g/mol. The molecule has 0 amide bonds. The zero-order valence-electron chi connectivity index (χ0n) is 10.4. The van der Waals surface area contributed by atoms with E-state index in [1.807, 2.05) is 61.5 Å². The van der Waals surface area contributed by atoms with Gasteiger partial charge in [-0.15, -0.1) is 5.10 Å². The lowest BCUT2D eigenvalue weighted by molar-refractivity contribution is 0.824. The number of hydrogen-bond donors (Lipinski definition) is 0. The second-order valence-electron chi connectivity index (χ2n) is 4.20. The highest BCUT2D eigenvalue weighted by atomic mass is 35.5. The highest BCUT2D eigenvalue weighted by molar-refractivity contribution is 6.32. The van der Waals surface area contributed by atoms with Crippen LogP contribution >= 0.6 is 11.6 Å². The minimum Gasteiger partial charge on any atom is -0.211 e. The van der Waals surface area contributed by atoms with Gasteiger partial charge in [0.15, 0.2) is 0 Å². The fourth-order valence-electron chi connectivity index (χ4n) is 2.03. The van der Waals surface area contributed by atoms with Crippen molar-refractivity contribution in [3.63, 3.8) is 0 Å². The third-order valence-corrected chi connectivity index (χ3v) is 3.23. The molecule has 0 fully saturated rings. The van der Waals surface area contributed by atoms with Crippen LogP contribution in [0.2, 0.25) is 5.02 Å². The van der Waals surface area contributed by atoms with E-state index in [9.17, 15) is 0 Å². The molecular formula is C15H12ClN3. The van der Waals surface area contributed by atoms with E-state index in [0.717, 1.165) is 22.3 Å². The summed E-state index contributed by atoms with van der Waals surface area (Å²) in [6.45, 7) is 1.99. The third kappa shape index (κ3) is 2.13. The minimum atomic E-state index is 0.656. The summed E-state index contributed by atoms with van der Waals surface area (Å²) in [5, 5.41) is 8.99. The van der Waals surface area contributed by atoms with Crippen LogP contribution in [0.4, 0.5) is 0 Å². The molecule has 19 heavy (non-hydrogen) atoms. The van der Waals surface area contributed by atoms with Gasteiger partial charge in [0.1, 0.15) is 5.52 Å². The van der Waals surface area contributed by atoms with Gasteiger partial charge < -0.3 is 0 Å². The van der Waals surface area contributed by atoms with Crippen molar-refractivity contribution in [1.82, 2.24) is 15.0 Å². The van der Waals surface area contributed by atoms with Crippen LogP contribution in [0.1, 0.15) is 12.5 Å². The lowest BCUT2D eigenvalue weighted by Crippen LogP contribution is -1.98. The van der Waals surface area contributed by atoms with Gasteiger partial charge in [0.25, 0.3) is 0 Å². The van der Waals surface area contributed by atoms with Crippen molar-refractivity contribution in [3.05, 3.63) is 59.1 Å². The van der Waals surface area contributed by atoms with E-state index in [-0.39, 0.29) is 0 Å². The van der Waals surface area contributed by atoms with Crippen molar-refractivity contribution in [2.45, 2.75) is 6.92 Å². The maximum absolute atomic E-state index is 6.28.